The van der Waals surface area contributed by atoms with Gasteiger partial charge in [-0.25, -0.2) is 4.98 Å². The quantitative estimate of drug-likeness (QED) is 0.300. The van der Waals surface area contributed by atoms with Crippen molar-refractivity contribution in [3.63, 3.8) is 0 Å². The molecular formula is C22H30IN5. The van der Waals surface area contributed by atoms with Gasteiger partial charge in [0.2, 0.25) is 0 Å². The molecule has 0 aliphatic carbocycles. The molecule has 0 unspecified atom stereocenters. The van der Waals surface area contributed by atoms with Crippen molar-refractivity contribution in [1.29, 1.82) is 0 Å². The van der Waals surface area contributed by atoms with E-state index in [-0.39, 0.29) is 24.0 Å². The molecule has 0 aliphatic rings. The number of pyridine rings is 1. The van der Waals surface area contributed by atoms with Gasteiger partial charge in [-0.1, -0.05) is 35.4 Å². The van der Waals surface area contributed by atoms with Gasteiger partial charge in [0, 0.05) is 38.4 Å². The summed E-state index contributed by atoms with van der Waals surface area (Å²) in [5.74, 6) is 0.866. The van der Waals surface area contributed by atoms with Crippen LogP contribution in [0.1, 0.15) is 29.3 Å². The smallest absolute Gasteiger partial charge is 0.191 e. The second-order valence-corrected chi connectivity index (χ2v) is 6.88. The van der Waals surface area contributed by atoms with Crippen LogP contribution in [0.5, 0.6) is 0 Å². The van der Waals surface area contributed by atoms with Crippen LogP contribution in [0.2, 0.25) is 0 Å². The number of benzene rings is 1. The van der Waals surface area contributed by atoms with Crippen molar-refractivity contribution in [2.24, 2.45) is 4.99 Å². The monoisotopic (exact) mass is 491 g/mol. The number of guanidine groups is 1. The molecule has 0 amide bonds. The van der Waals surface area contributed by atoms with E-state index in [1.807, 2.05) is 28.8 Å². The van der Waals surface area contributed by atoms with E-state index in [0.29, 0.717) is 6.54 Å². The third-order valence-electron chi connectivity index (χ3n) is 4.38. The van der Waals surface area contributed by atoms with Crippen LogP contribution < -0.4 is 10.6 Å². The third-order valence-corrected chi connectivity index (χ3v) is 4.38. The largest absolute Gasteiger partial charge is 0.357 e. The second kappa shape index (κ2) is 11.0. The first-order valence-electron chi connectivity index (χ1n) is 9.66. The van der Waals surface area contributed by atoms with Crippen LogP contribution in [-0.2, 0) is 12.8 Å². The summed E-state index contributed by atoms with van der Waals surface area (Å²) >= 11 is 0. The van der Waals surface area contributed by atoms with Crippen LogP contribution in [-0.4, -0.2) is 35.0 Å². The molecule has 0 saturated carbocycles. The lowest BCUT2D eigenvalue weighted by molar-refractivity contribution is 0.794. The molecule has 2 N–H and O–H groups in total. The molecule has 1 aromatic carbocycles. The van der Waals surface area contributed by atoms with Gasteiger partial charge in [0.1, 0.15) is 5.65 Å². The summed E-state index contributed by atoms with van der Waals surface area (Å²) in [4.78, 5) is 9.32. The van der Waals surface area contributed by atoms with E-state index in [2.05, 4.69) is 60.8 Å². The molecule has 3 rings (SSSR count). The van der Waals surface area contributed by atoms with Gasteiger partial charge in [0.15, 0.2) is 5.96 Å². The van der Waals surface area contributed by atoms with Gasteiger partial charge in [-0.3, -0.25) is 4.99 Å². The lowest BCUT2D eigenvalue weighted by Crippen LogP contribution is -2.38. The zero-order valence-electron chi connectivity index (χ0n) is 16.9. The Morgan fingerprint density at radius 2 is 1.86 bits per heavy atom. The number of imidazole rings is 1. The maximum absolute atomic E-state index is 4.69. The van der Waals surface area contributed by atoms with Gasteiger partial charge in [0.05, 0.1) is 5.69 Å². The fourth-order valence-corrected chi connectivity index (χ4v) is 3.27. The van der Waals surface area contributed by atoms with E-state index in [1.54, 1.807) is 0 Å². The number of aliphatic imine (C=N–C) groups is 1. The van der Waals surface area contributed by atoms with Crippen LogP contribution in [0.3, 0.4) is 0 Å². The minimum absolute atomic E-state index is 0. The van der Waals surface area contributed by atoms with Crippen molar-refractivity contribution in [3.05, 3.63) is 71.2 Å². The molecule has 5 nitrogen and oxygen atoms in total. The molecule has 3 aromatic rings. The highest BCUT2D eigenvalue weighted by Gasteiger charge is 2.02. The standard InChI is InChI=1S/C22H29N5.HI/c1-4-23-22(24-10-8-19-14-17(2)13-18(3)15-19)25-11-9-20-16-27-12-6-5-7-21(27)26-20;/h5-7,12-16H,4,8-11H2,1-3H3,(H2,23,24,25);1H. The number of nitrogens with one attached hydrogen (secondary N) is 2. The van der Waals surface area contributed by atoms with Gasteiger partial charge in [0.25, 0.3) is 0 Å². The van der Waals surface area contributed by atoms with Gasteiger partial charge < -0.3 is 15.0 Å². The van der Waals surface area contributed by atoms with E-state index in [1.165, 1.54) is 16.7 Å². The Kier molecular flexibility index (Phi) is 8.76. The molecule has 0 spiro atoms. The van der Waals surface area contributed by atoms with E-state index in [0.717, 1.165) is 43.2 Å². The molecule has 150 valence electrons. The normalized spacial score (nSPS) is 11.3. The molecule has 0 atom stereocenters. The fourth-order valence-electron chi connectivity index (χ4n) is 3.27. The maximum Gasteiger partial charge on any atom is 0.191 e. The number of hydrogen-bond acceptors (Lipinski definition) is 2. The first-order chi connectivity index (χ1) is 13.1. The van der Waals surface area contributed by atoms with Crippen LogP contribution in [0.25, 0.3) is 5.65 Å². The average Bonchev–Trinajstić information content (AvgIpc) is 3.03. The second-order valence-electron chi connectivity index (χ2n) is 6.88. The predicted molar refractivity (Wildman–Crippen MR) is 128 cm³/mol. The van der Waals surface area contributed by atoms with Gasteiger partial charge in [-0.2, -0.15) is 0 Å². The van der Waals surface area contributed by atoms with E-state index in [4.69, 9.17) is 4.99 Å². The van der Waals surface area contributed by atoms with E-state index >= 15 is 0 Å². The summed E-state index contributed by atoms with van der Waals surface area (Å²) in [6.45, 7) is 8.81. The Labute approximate surface area is 184 Å². The summed E-state index contributed by atoms with van der Waals surface area (Å²) < 4.78 is 2.05. The van der Waals surface area contributed by atoms with Crippen LogP contribution in [0, 0.1) is 13.8 Å². The highest BCUT2D eigenvalue weighted by Crippen LogP contribution is 2.09. The maximum atomic E-state index is 4.69. The summed E-state index contributed by atoms with van der Waals surface area (Å²) in [6, 6.07) is 12.8. The number of aryl methyl sites for hydroxylation is 2. The first-order valence-corrected chi connectivity index (χ1v) is 9.66. The SMILES string of the molecule is CCNC(=NCCc1cn2ccccc2n1)NCCc1cc(C)cc(C)c1.I. The van der Waals surface area contributed by atoms with Crippen LogP contribution in [0.15, 0.2) is 53.8 Å². The molecule has 0 aliphatic heterocycles. The number of fused-ring (bicyclic) bond motifs is 1. The Morgan fingerprint density at radius 3 is 2.57 bits per heavy atom. The van der Waals surface area contributed by atoms with Gasteiger partial charge in [-0.05, 0) is 44.9 Å². The van der Waals surface area contributed by atoms with E-state index < -0.39 is 0 Å². The predicted octanol–water partition coefficient (Wildman–Crippen LogP) is 3.91. The first kappa shape index (κ1) is 22.2. The van der Waals surface area contributed by atoms with Crippen molar-refractivity contribution in [2.45, 2.75) is 33.6 Å². The number of hydrogen-bond donors (Lipinski definition) is 2. The summed E-state index contributed by atoms with van der Waals surface area (Å²) in [5, 5.41) is 6.75. The van der Waals surface area contributed by atoms with Crippen LogP contribution in [0.4, 0.5) is 0 Å². The van der Waals surface area contributed by atoms with Crippen molar-refractivity contribution in [2.75, 3.05) is 19.6 Å². The van der Waals surface area contributed by atoms with E-state index in [9.17, 15) is 0 Å². The molecule has 0 fully saturated rings. The highest BCUT2D eigenvalue weighted by atomic mass is 127. The topological polar surface area (TPSA) is 53.7 Å². The zero-order valence-corrected chi connectivity index (χ0v) is 19.2. The van der Waals surface area contributed by atoms with Crippen LogP contribution >= 0.6 is 24.0 Å². The highest BCUT2D eigenvalue weighted by molar-refractivity contribution is 14.0. The average molecular weight is 491 g/mol. The Morgan fingerprint density at radius 1 is 1.07 bits per heavy atom. The zero-order chi connectivity index (χ0) is 19.1. The molecule has 0 bridgehead atoms. The number of rotatable bonds is 7. The Bertz CT molecular complexity index is 863. The molecule has 28 heavy (non-hydrogen) atoms. The molecular weight excluding hydrogens is 461 g/mol. The van der Waals surface area contributed by atoms with Crippen molar-refractivity contribution >= 4 is 35.6 Å². The van der Waals surface area contributed by atoms with Gasteiger partial charge in [-0.15, -0.1) is 24.0 Å². The van der Waals surface area contributed by atoms with Crippen molar-refractivity contribution in [1.82, 2.24) is 20.0 Å². The molecule has 2 aromatic heterocycles. The fraction of sp³-hybridized carbons (Fsp3) is 0.364. The van der Waals surface area contributed by atoms with Crippen molar-refractivity contribution in [3.8, 4) is 0 Å². The molecule has 0 saturated heterocycles. The minimum atomic E-state index is 0. The molecule has 2 heterocycles. The Hall–Kier alpha value is -2.09. The van der Waals surface area contributed by atoms with Crippen molar-refractivity contribution < 1.29 is 0 Å². The molecule has 6 heteroatoms. The Balaban J connectivity index is 0.00000280. The molecule has 0 radical (unpaired) electrons. The third kappa shape index (κ3) is 6.51. The lowest BCUT2D eigenvalue weighted by atomic mass is 10.1. The summed E-state index contributed by atoms with van der Waals surface area (Å²) in [7, 11) is 0. The number of nitrogens with zero attached hydrogens (tertiary/aromatic N) is 3. The minimum Gasteiger partial charge on any atom is -0.357 e. The van der Waals surface area contributed by atoms with Gasteiger partial charge >= 0.3 is 0 Å². The lowest BCUT2D eigenvalue weighted by Gasteiger charge is -2.11. The summed E-state index contributed by atoms with van der Waals surface area (Å²) in [5.41, 5.74) is 6.04. The number of halogens is 1. The number of aromatic nitrogens is 2. The summed E-state index contributed by atoms with van der Waals surface area (Å²) in [6.07, 6.45) is 5.91.